The second-order valence-corrected chi connectivity index (χ2v) is 11.5. The van der Waals surface area contributed by atoms with Gasteiger partial charge in [-0.25, -0.2) is 17.9 Å². The van der Waals surface area contributed by atoms with Gasteiger partial charge in [-0.1, -0.05) is 58.4 Å². The largest absolute Gasteiger partial charge is 0.438 e. The second kappa shape index (κ2) is 8.92. The zero-order valence-electron chi connectivity index (χ0n) is 18.3. The number of hydrogen-bond acceptors (Lipinski definition) is 4. The highest BCUT2D eigenvalue weighted by molar-refractivity contribution is 9.10. The Labute approximate surface area is 193 Å². The third-order valence-corrected chi connectivity index (χ3v) is 7.03. The van der Waals surface area contributed by atoms with Gasteiger partial charge in [0.2, 0.25) is 10.0 Å². The number of rotatable bonds is 7. The molecule has 0 saturated carbocycles. The van der Waals surface area contributed by atoms with Gasteiger partial charge in [0.15, 0.2) is 0 Å². The fraction of sp³-hybridized carbons (Fsp3) is 0.435. The van der Waals surface area contributed by atoms with Crippen molar-refractivity contribution in [1.82, 2.24) is 9.62 Å². The number of nitrogens with zero attached hydrogens (tertiary/aromatic N) is 1. The number of ether oxygens (including phenoxy) is 1. The summed E-state index contributed by atoms with van der Waals surface area (Å²) < 4.78 is 33.6. The minimum atomic E-state index is -3.42. The Bertz CT molecular complexity index is 1030. The highest BCUT2D eigenvalue weighted by Crippen LogP contribution is 2.42. The van der Waals surface area contributed by atoms with Gasteiger partial charge in [-0.15, -0.1) is 0 Å². The molecule has 2 atom stereocenters. The Hall–Kier alpha value is -1.90. The van der Waals surface area contributed by atoms with Gasteiger partial charge in [-0.3, -0.25) is 0 Å². The Balaban J connectivity index is 1.89. The molecule has 1 N–H and O–H groups in total. The Morgan fingerprint density at radius 1 is 1.16 bits per heavy atom. The van der Waals surface area contributed by atoms with E-state index in [1.165, 1.54) is 0 Å². The maximum atomic E-state index is 13.2. The smallest absolute Gasteiger partial charge is 0.411 e. The summed E-state index contributed by atoms with van der Waals surface area (Å²) in [6.07, 6.45) is 1.61. The molecule has 31 heavy (non-hydrogen) atoms. The topological polar surface area (TPSA) is 75.7 Å². The van der Waals surface area contributed by atoms with Crippen molar-refractivity contribution in [2.45, 2.75) is 50.8 Å². The number of nitrogens with one attached hydrogen (secondary N) is 1. The van der Waals surface area contributed by atoms with Gasteiger partial charge < -0.3 is 9.64 Å². The maximum Gasteiger partial charge on any atom is 0.411 e. The van der Waals surface area contributed by atoms with Crippen LogP contribution < -0.4 is 4.72 Å². The molecular weight excluding hydrogens is 480 g/mol. The van der Waals surface area contributed by atoms with Crippen molar-refractivity contribution in [1.29, 1.82) is 0 Å². The van der Waals surface area contributed by atoms with Gasteiger partial charge in [0.1, 0.15) is 5.60 Å². The maximum absolute atomic E-state index is 13.2. The summed E-state index contributed by atoms with van der Waals surface area (Å²) in [5.74, 6) is 0. The first-order valence-corrected chi connectivity index (χ1v) is 12.9. The lowest BCUT2D eigenvalue weighted by Gasteiger charge is -2.46. The van der Waals surface area contributed by atoms with Crippen LogP contribution >= 0.6 is 15.9 Å². The van der Waals surface area contributed by atoms with Crippen LogP contribution in [0.3, 0.4) is 0 Å². The molecule has 168 valence electrons. The van der Waals surface area contributed by atoms with Crippen LogP contribution in [0.1, 0.15) is 50.8 Å². The standard InChI is InChI=1S/C23H29BrN2O4S/c1-17(18-10-12-20(24)13-11-18)26-15-14-23(30-21(26)27,19-8-6-5-7-9-19)16-22(2,3)25-31(4,28)29/h5-13,17,25H,14-16H2,1-4H3/t17-,23?/m0/s1. The Kier molecular flexibility index (Phi) is 6.84. The minimum absolute atomic E-state index is 0.142. The van der Waals surface area contributed by atoms with Crippen LogP contribution in [-0.2, 0) is 20.4 Å². The van der Waals surface area contributed by atoms with Crippen molar-refractivity contribution in [2.75, 3.05) is 12.8 Å². The van der Waals surface area contributed by atoms with E-state index in [1.54, 1.807) is 4.90 Å². The fourth-order valence-electron chi connectivity index (χ4n) is 4.37. The van der Waals surface area contributed by atoms with E-state index in [0.717, 1.165) is 21.9 Å². The molecule has 0 aromatic heterocycles. The van der Waals surface area contributed by atoms with Gasteiger partial charge in [0, 0.05) is 29.4 Å². The third kappa shape index (κ3) is 5.87. The molecule has 1 aliphatic rings. The summed E-state index contributed by atoms with van der Waals surface area (Å²) in [6.45, 7) is 6.10. The highest BCUT2D eigenvalue weighted by atomic mass is 79.9. The van der Waals surface area contributed by atoms with E-state index in [4.69, 9.17) is 4.74 Å². The van der Waals surface area contributed by atoms with Gasteiger partial charge in [0.05, 0.1) is 12.3 Å². The highest BCUT2D eigenvalue weighted by Gasteiger charge is 2.47. The quantitative estimate of drug-likeness (QED) is 0.572. The zero-order chi connectivity index (χ0) is 22.9. The average Bonchev–Trinajstić information content (AvgIpc) is 2.66. The SMILES string of the molecule is C[C@@H](c1ccc(Br)cc1)N1CCC(CC(C)(C)NS(C)(=O)=O)(c2ccccc2)OC1=O. The second-order valence-electron chi connectivity index (χ2n) is 8.83. The summed E-state index contributed by atoms with van der Waals surface area (Å²) in [5.41, 5.74) is 0.160. The lowest BCUT2D eigenvalue weighted by atomic mass is 9.79. The van der Waals surface area contributed by atoms with Gasteiger partial charge in [-0.05, 0) is 44.0 Å². The van der Waals surface area contributed by atoms with E-state index in [1.807, 2.05) is 75.4 Å². The molecule has 0 spiro atoms. The number of hydrogen-bond donors (Lipinski definition) is 1. The van der Waals surface area contributed by atoms with Crippen molar-refractivity contribution in [3.05, 3.63) is 70.2 Å². The van der Waals surface area contributed by atoms with E-state index in [9.17, 15) is 13.2 Å². The first-order chi connectivity index (χ1) is 14.4. The number of carbonyl (C=O) groups excluding carboxylic acids is 1. The number of halogens is 1. The number of cyclic esters (lactones) is 1. The van der Waals surface area contributed by atoms with Crippen LogP contribution in [-0.4, -0.2) is 37.8 Å². The van der Waals surface area contributed by atoms with Gasteiger partial charge in [0.25, 0.3) is 0 Å². The van der Waals surface area contributed by atoms with Crippen LogP contribution in [0.5, 0.6) is 0 Å². The summed E-state index contributed by atoms with van der Waals surface area (Å²) in [4.78, 5) is 14.9. The lowest BCUT2D eigenvalue weighted by molar-refractivity contribution is -0.0750. The molecule has 1 unspecified atom stereocenters. The normalized spacial score (nSPS) is 20.9. The molecule has 6 nitrogen and oxygen atoms in total. The lowest BCUT2D eigenvalue weighted by Crippen LogP contribution is -2.54. The van der Waals surface area contributed by atoms with Crippen molar-refractivity contribution < 1.29 is 17.9 Å². The number of benzene rings is 2. The van der Waals surface area contributed by atoms with Crippen LogP contribution in [0.4, 0.5) is 4.79 Å². The predicted octanol–water partition coefficient (Wildman–Crippen LogP) is 4.97. The molecule has 2 aromatic carbocycles. The minimum Gasteiger partial charge on any atom is -0.438 e. The molecule has 1 heterocycles. The van der Waals surface area contributed by atoms with Crippen molar-refractivity contribution in [3.8, 4) is 0 Å². The van der Waals surface area contributed by atoms with E-state index >= 15 is 0 Å². The third-order valence-electron chi connectivity index (χ3n) is 5.58. The van der Waals surface area contributed by atoms with E-state index in [0.29, 0.717) is 19.4 Å². The molecule has 3 rings (SSSR count). The first-order valence-electron chi connectivity index (χ1n) is 10.2. The summed E-state index contributed by atoms with van der Waals surface area (Å²) >= 11 is 3.44. The van der Waals surface area contributed by atoms with Gasteiger partial charge in [-0.2, -0.15) is 0 Å². The van der Waals surface area contributed by atoms with E-state index in [2.05, 4.69) is 20.7 Å². The predicted molar refractivity (Wildman–Crippen MR) is 125 cm³/mol. The number of amides is 1. The molecule has 1 amide bonds. The van der Waals surface area contributed by atoms with Crippen molar-refractivity contribution >= 4 is 32.0 Å². The van der Waals surface area contributed by atoms with Crippen LogP contribution in [0.15, 0.2) is 59.1 Å². The fourth-order valence-corrected chi connectivity index (χ4v) is 5.71. The van der Waals surface area contributed by atoms with Crippen LogP contribution in [0, 0.1) is 0 Å². The molecule has 0 bridgehead atoms. The van der Waals surface area contributed by atoms with Crippen molar-refractivity contribution in [3.63, 3.8) is 0 Å². The van der Waals surface area contributed by atoms with E-state index in [-0.39, 0.29) is 6.04 Å². The molecule has 0 radical (unpaired) electrons. The first kappa shape index (κ1) is 23.8. The molecule has 1 saturated heterocycles. The zero-order valence-corrected chi connectivity index (χ0v) is 20.7. The van der Waals surface area contributed by atoms with E-state index < -0.39 is 27.3 Å². The number of carbonyl (C=O) groups is 1. The molecule has 1 fully saturated rings. The van der Waals surface area contributed by atoms with Crippen LogP contribution in [0.2, 0.25) is 0 Å². The monoisotopic (exact) mass is 508 g/mol. The number of sulfonamides is 1. The van der Waals surface area contributed by atoms with Gasteiger partial charge >= 0.3 is 6.09 Å². The molecule has 1 aliphatic heterocycles. The molecule has 0 aliphatic carbocycles. The summed E-state index contributed by atoms with van der Waals surface area (Å²) in [6, 6.07) is 17.3. The average molecular weight is 509 g/mol. The molecule has 2 aromatic rings. The molecular formula is C23H29BrN2O4S. The Morgan fingerprint density at radius 3 is 2.32 bits per heavy atom. The summed E-state index contributed by atoms with van der Waals surface area (Å²) in [5, 5.41) is 0. The molecule has 8 heteroatoms. The van der Waals surface area contributed by atoms with Crippen molar-refractivity contribution in [2.24, 2.45) is 0 Å². The summed E-state index contributed by atoms with van der Waals surface area (Å²) in [7, 11) is -3.42. The van der Waals surface area contributed by atoms with Crippen LogP contribution in [0.25, 0.3) is 0 Å². The Morgan fingerprint density at radius 2 is 1.77 bits per heavy atom.